The van der Waals surface area contributed by atoms with Crippen LogP contribution in [0.3, 0.4) is 0 Å². The molecule has 1 aliphatic rings. The van der Waals surface area contributed by atoms with E-state index in [1.807, 2.05) is 42.3 Å². The minimum atomic E-state index is -0.615. The molecule has 0 spiro atoms. The summed E-state index contributed by atoms with van der Waals surface area (Å²) in [5.74, 6) is -0.205. The lowest BCUT2D eigenvalue weighted by atomic mass is 9.91. The van der Waals surface area contributed by atoms with E-state index in [-0.39, 0.29) is 12.6 Å². The maximum absolute atomic E-state index is 12.5. The third kappa shape index (κ3) is 3.07. The van der Waals surface area contributed by atoms with Gasteiger partial charge in [-0.1, -0.05) is 30.3 Å². The van der Waals surface area contributed by atoms with Gasteiger partial charge < -0.3 is 9.53 Å². The fourth-order valence-electron chi connectivity index (χ4n) is 2.84. The van der Waals surface area contributed by atoms with E-state index >= 15 is 0 Å². The molecule has 4 heteroatoms. The summed E-state index contributed by atoms with van der Waals surface area (Å²) in [4.78, 5) is 25.2. The molecule has 1 aromatic carbocycles. The summed E-state index contributed by atoms with van der Waals surface area (Å²) in [6, 6.07) is 9.65. The first kappa shape index (κ1) is 14.7. The van der Waals surface area contributed by atoms with Crippen LogP contribution in [0.25, 0.3) is 0 Å². The lowest BCUT2D eigenvalue weighted by molar-refractivity contribution is -0.157. The van der Waals surface area contributed by atoms with E-state index in [1.165, 1.54) is 0 Å². The highest BCUT2D eigenvalue weighted by Gasteiger charge is 2.46. The second kappa shape index (κ2) is 6.66. The van der Waals surface area contributed by atoms with Gasteiger partial charge in [-0.25, -0.2) is 0 Å². The first-order chi connectivity index (χ1) is 9.69. The summed E-state index contributed by atoms with van der Waals surface area (Å²) in [6.45, 7) is 1.16. The number of likely N-dealkylation sites (N-methyl/N-ethyl adjacent to an activating group) is 1. The second-order valence-corrected chi connectivity index (χ2v) is 5.32. The van der Waals surface area contributed by atoms with Crippen LogP contribution in [0, 0.1) is 0 Å². The fourth-order valence-corrected chi connectivity index (χ4v) is 2.84. The molecule has 1 aromatic rings. The third-order valence-electron chi connectivity index (χ3n) is 4.08. The van der Waals surface area contributed by atoms with Gasteiger partial charge in [0, 0.05) is 6.42 Å². The Kier molecular flexibility index (Phi) is 4.90. The zero-order valence-electron chi connectivity index (χ0n) is 11.9. The van der Waals surface area contributed by atoms with E-state index < -0.39 is 5.54 Å². The number of carbonyl (C=O) groups excluding carboxylic acids is 2. The second-order valence-electron chi connectivity index (χ2n) is 5.32. The molecule has 1 saturated heterocycles. The number of hydrogen-bond acceptors (Lipinski definition) is 4. The molecule has 0 unspecified atom stereocenters. The van der Waals surface area contributed by atoms with Crippen LogP contribution < -0.4 is 0 Å². The minimum absolute atomic E-state index is 0.205. The van der Waals surface area contributed by atoms with Gasteiger partial charge in [-0.05, 0) is 38.4 Å². The highest BCUT2D eigenvalue weighted by atomic mass is 16.5. The zero-order chi connectivity index (χ0) is 14.4. The number of likely N-dealkylation sites (tertiary alicyclic amines) is 1. The van der Waals surface area contributed by atoms with E-state index in [2.05, 4.69) is 0 Å². The Bertz CT molecular complexity index is 460. The predicted molar refractivity (Wildman–Crippen MR) is 76.1 cm³/mol. The molecule has 1 heterocycles. The lowest BCUT2D eigenvalue weighted by Gasteiger charge is -2.33. The van der Waals surface area contributed by atoms with Crippen molar-refractivity contribution >= 4 is 12.3 Å². The first-order valence-corrected chi connectivity index (χ1v) is 7.05. The average Bonchev–Trinajstić information content (AvgIpc) is 2.86. The molecule has 2 rings (SSSR count). The Morgan fingerprint density at radius 3 is 2.75 bits per heavy atom. The molecule has 0 bridgehead atoms. The summed E-state index contributed by atoms with van der Waals surface area (Å²) >= 11 is 0. The maximum atomic E-state index is 12.5. The van der Waals surface area contributed by atoms with Crippen LogP contribution in [0.4, 0.5) is 0 Å². The van der Waals surface area contributed by atoms with Gasteiger partial charge >= 0.3 is 5.97 Å². The molecular formula is C16H21NO3. The van der Waals surface area contributed by atoms with Crippen LogP contribution in [0.2, 0.25) is 0 Å². The molecule has 108 valence electrons. The fraction of sp³-hybridized carbons (Fsp3) is 0.500. The summed E-state index contributed by atoms with van der Waals surface area (Å²) in [7, 11) is 1.93. The quantitative estimate of drug-likeness (QED) is 0.589. The van der Waals surface area contributed by atoms with Crippen LogP contribution >= 0.6 is 0 Å². The van der Waals surface area contributed by atoms with Gasteiger partial charge in [0.1, 0.15) is 18.4 Å². The molecule has 0 radical (unpaired) electrons. The molecule has 1 fully saturated rings. The molecule has 0 aliphatic carbocycles. The highest BCUT2D eigenvalue weighted by Crippen LogP contribution is 2.33. The average molecular weight is 275 g/mol. The van der Waals surface area contributed by atoms with E-state index in [1.54, 1.807) is 0 Å². The SMILES string of the molecule is CN1CCC[C@@]1(CCC=O)C(=O)OCc1ccccc1. The Labute approximate surface area is 119 Å². The summed E-state index contributed by atoms with van der Waals surface area (Å²) < 4.78 is 5.49. The van der Waals surface area contributed by atoms with Crippen molar-refractivity contribution < 1.29 is 14.3 Å². The highest BCUT2D eigenvalue weighted by molar-refractivity contribution is 5.81. The molecule has 4 nitrogen and oxygen atoms in total. The number of esters is 1. The van der Waals surface area contributed by atoms with Gasteiger partial charge in [-0.2, -0.15) is 0 Å². The van der Waals surface area contributed by atoms with Crippen molar-refractivity contribution in [3.05, 3.63) is 35.9 Å². The number of carbonyl (C=O) groups is 2. The Balaban J connectivity index is 2.02. The zero-order valence-corrected chi connectivity index (χ0v) is 11.9. The van der Waals surface area contributed by atoms with Crippen molar-refractivity contribution in [2.45, 2.75) is 37.8 Å². The summed E-state index contributed by atoms with van der Waals surface area (Å²) in [6.07, 6.45) is 3.55. The van der Waals surface area contributed by atoms with Crippen molar-refractivity contribution in [1.82, 2.24) is 4.90 Å². The Morgan fingerprint density at radius 1 is 1.40 bits per heavy atom. The molecule has 0 aromatic heterocycles. The smallest absolute Gasteiger partial charge is 0.326 e. The number of nitrogens with zero attached hydrogens (tertiary/aromatic N) is 1. The van der Waals surface area contributed by atoms with E-state index in [9.17, 15) is 9.59 Å². The van der Waals surface area contributed by atoms with Crippen LogP contribution in [0.15, 0.2) is 30.3 Å². The van der Waals surface area contributed by atoms with Crippen molar-refractivity contribution in [2.75, 3.05) is 13.6 Å². The summed E-state index contributed by atoms with van der Waals surface area (Å²) in [5, 5.41) is 0. The van der Waals surface area contributed by atoms with Crippen molar-refractivity contribution in [2.24, 2.45) is 0 Å². The van der Waals surface area contributed by atoms with Gasteiger partial charge in [0.05, 0.1) is 0 Å². The van der Waals surface area contributed by atoms with Crippen LogP contribution in [0.1, 0.15) is 31.2 Å². The minimum Gasteiger partial charge on any atom is -0.459 e. The predicted octanol–water partition coefficient (Wildman–Crippen LogP) is 2.17. The molecule has 0 saturated carbocycles. The molecule has 0 amide bonds. The number of benzene rings is 1. The Hall–Kier alpha value is -1.68. The number of rotatable bonds is 6. The molecule has 1 atom stereocenters. The van der Waals surface area contributed by atoms with Gasteiger partial charge in [0.2, 0.25) is 0 Å². The number of aldehydes is 1. The van der Waals surface area contributed by atoms with Crippen molar-refractivity contribution in [3.8, 4) is 0 Å². The number of ether oxygens (including phenoxy) is 1. The van der Waals surface area contributed by atoms with E-state index in [0.29, 0.717) is 12.8 Å². The van der Waals surface area contributed by atoms with Gasteiger partial charge in [-0.15, -0.1) is 0 Å². The van der Waals surface area contributed by atoms with Crippen molar-refractivity contribution in [3.63, 3.8) is 0 Å². The summed E-state index contributed by atoms with van der Waals surface area (Å²) in [5.41, 5.74) is 0.363. The van der Waals surface area contributed by atoms with Crippen LogP contribution in [-0.2, 0) is 20.9 Å². The normalized spacial score (nSPS) is 22.6. The molecule has 1 aliphatic heterocycles. The monoisotopic (exact) mass is 275 g/mol. The van der Waals surface area contributed by atoms with Crippen LogP contribution in [0.5, 0.6) is 0 Å². The standard InChI is InChI=1S/C16H21NO3/c1-17-11-5-9-16(17,10-6-12-18)15(19)20-13-14-7-3-2-4-8-14/h2-4,7-8,12H,5-6,9-11,13H2,1H3/t16-/m1/s1. The topological polar surface area (TPSA) is 46.6 Å². The van der Waals surface area contributed by atoms with E-state index in [4.69, 9.17) is 4.74 Å². The van der Waals surface area contributed by atoms with Crippen molar-refractivity contribution in [1.29, 1.82) is 0 Å². The van der Waals surface area contributed by atoms with Gasteiger partial charge in [-0.3, -0.25) is 9.69 Å². The maximum Gasteiger partial charge on any atom is 0.326 e. The van der Waals surface area contributed by atoms with Crippen LogP contribution in [-0.4, -0.2) is 36.3 Å². The first-order valence-electron chi connectivity index (χ1n) is 7.05. The Morgan fingerprint density at radius 2 is 2.15 bits per heavy atom. The third-order valence-corrected chi connectivity index (χ3v) is 4.08. The molecule has 0 N–H and O–H groups in total. The largest absolute Gasteiger partial charge is 0.459 e. The van der Waals surface area contributed by atoms with E-state index in [0.717, 1.165) is 31.2 Å². The van der Waals surface area contributed by atoms with Gasteiger partial charge in [0.15, 0.2) is 0 Å². The molecular weight excluding hydrogens is 254 g/mol. The van der Waals surface area contributed by atoms with Gasteiger partial charge in [0.25, 0.3) is 0 Å². The molecule has 20 heavy (non-hydrogen) atoms. The number of hydrogen-bond donors (Lipinski definition) is 0. The lowest BCUT2D eigenvalue weighted by Crippen LogP contribution is -2.49.